The van der Waals surface area contributed by atoms with Crippen LogP contribution in [0.4, 0.5) is 5.69 Å². The Hall–Kier alpha value is -3.55. The van der Waals surface area contributed by atoms with Gasteiger partial charge in [-0.15, -0.1) is 0 Å². The van der Waals surface area contributed by atoms with E-state index in [0.717, 1.165) is 28.3 Å². The maximum absolute atomic E-state index is 12.9. The van der Waals surface area contributed by atoms with Gasteiger partial charge in [0.15, 0.2) is 0 Å². The molecule has 7 nitrogen and oxygen atoms in total. The molecule has 1 aliphatic rings. The van der Waals surface area contributed by atoms with Gasteiger partial charge in [-0.1, -0.05) is 23.7 Å². The normalized spacial score (nSPS) is 16.6. The highest BCUT2D eigenvalue weighted by Gasteiger charge is 2.35. The molecule has 2 atom stereocenters. The van der Waals surface area contributed by atoms with Crippen LogP contribution in [0.2, 0.25) is 5.02 Å². The molecule has 4 aromatic rings. The number of aliphatic hydroxyl groups excluding tert-OH is 1. The van der Waals surface area contributed by atoms with Crippen LogP contribution in [0, 0.1) is 0 Å². The summed E-state index contributed by atoms with van der Waals surface area (Å²) in [6, 6.07) is 22.3. The Morgan fingerprint density at radius 1 is 1.06 bits per heavy atom. The Morgan fingerprint density at radius 3 is 2.51 bits per heavy atom. The molecule has 0 saturated carbocycles. The van der Waals surface area contributed by atoms with E-state index in [-0.39, 0.29) is 18.4 Å². The summed E-state index contributed by atoms with van der Waals surface area (Å²) in [7, 11) is 1.61. The zero-order valence-corrected chi connectivity index (χ0v) is 20.1. The van der Waals surface area contributed by atoms with Gasteiger partial charge in [-0.25, -0.2) is 4.98 Å². The third-order valence-electron chi connectivity index (χ3n) is 6.21. The second-order valence-corrected chi connectivity index (χ2v) is 9.03. The molecule has 2 heterocycles. The Balaban J connectivity index is 1.35. The summed E-state index contributed by atoms with van der Waals surface area (Å²) < 4.78 is 13.0. The van der Waals surface area contributed by atoms with E-state index in [2.05, 4.69) is 0 Å². The van der Waals surface area contributed by atoms with Gasteiger partial charge in [0.1, 0.15) is 30.0 Å². The summed E-state index contributed by atoms with van der Waals surface area (Å²) >= 11 is 6.02. The summed E-state index contributed by atoms with van der Waals surface area (Å²) in [5.41, 5.74) is 2.57. The number of carbonyl (C=O) groups excluding carboxylic acids is 1. The number of hydrogen-bond donors (Lipinski definition) is 1. The van der Waals surface area contributed by atoms with Crippen LogP contribution in [0.5, 0.6) is 11.5 Å². The van der Waals surface area contributed by atoms with Crippen molar-refractivity contribution in [2.75, 3.05) is 25.2 Å². The number of amides is 1. The molecule has 1 fully saturated rings. The lowest BCUT2D eigenvalue weighted by Crippen LogP contribution is -2.26. The van der Waals surface area contributed by atoms with E-state index in [9.17, 15) is 9.90 Å². The Kier molecular flexibility index (Phi) is 6.61. The number of fused-ring (bicyclic) bond motifs is 1. The van der Waals surface area contributed by atoms with Crippen LogP contribution >= 0.6 is 11.6 Å². The van der Waals surface area contributed by atoms with Crippen LogP contribution in [0.3, 0.4) is 0 Å². The number of para-hydroxylation sites is 2. The van der Waals surface area contributed by atoms with Crippen molar-refractivity contribution < 1.29 is 19.4 Å². The van der Waals surface area contributed by atoms with E-state index in [0.29, 0.717) is 30.3 Å². The number of rotatable bonds is 8. The number of methoxy groups -OCH3 is 1. The van der Waals surface area contributed by atoms with E-state index in [1.807, 2.05) is 53.1 Å². The molecule has 1 amide bonds. The molecule has 5 rings (SSSR count). The zero-order chi connectivity index (χ0) is 24.4. The number of benzene rings is 3. The first-order chi connectivity index (χ1) is 17.0. The average molecular weight is 492 g/mol. The average Bonchev–Trinajstić information content (AvgIpc) is 3.44. The minimum Gasteiger partial charge on any atom is -0.497 e. The number of imidazole rings is 1. The van der Waals surface area contributed by atoms with Crippen molar-refractivity contribution in [3.63, 3.8) is 0 Å². The van der Waals surface area contributed by atoms with Crippen molar-refractivity contribution >= 4 is 34.2 Å². The van der Waals surface area contributed by atoms with Gasteiger partial charge in [0.2, 0.25) is 5.91 Å². The molecule has 0 radical (unpaired) electrons. The van der Waals surface area contributed by atoms with E-state index in [1.54, 1.807) is 36.3 Å². The number of anilines is 1. The summed E-state index contributed by atoms with van der Waals surface area (Å²) in [5.74, 6) is 2.13. The third-order valence-corrected chi connectivity index (χ3v) is 6.46. The highest BCUT2D eigenvalue weighted by Crippen LogP contribution is 2.33. The minimum absolute atomic E-state index is 0.0410. The summed E-state index contributed by atoms with van der Waals surface area (Å²) in [5, 5.41) is 11.5. The lowest BCUT2D eigenvalue weighted by molar-refractivity contribution is -0.117. The lowest BCUT2D eigenvalue weighted by atomic mass is 10.1. The molecule has 35 heavy (non-hydrogen) atoms. The fourth-order valence-corrected chi connectivity index (χ4v) is 4.60. The molecule has 0 aliphatic carbocycles. The summed E-state index contributed by atoms with van der Waals surface area (Å²) in [6.07, 6.45) is -0.414. The van der Waals surface area contributed by atoms with Gasteiger partial charge in [0, 0.05) is 29.6 Å². The molecule has 1 aliphatic heterocycles. The predicted molar refractivity (Wildman–Crippen MR) is 135 cm³/mol. The summed E-state index contributed by atoms with van der Waals surface area (Å²) in [4.78, 5) is 19.5. The molecular weight excluding hydrogens is 466 g/mol. The van der Waals surface area contributed by atoms with Crippen molar-refractivity contribution in [2.45, 2.75) is 25.0 Å². The largest absolute Gasteiger partial charge is 0.497 e. The number of nitrogens with zero attached hydrogens (tertiary/aromatic N) is 3. The quantitative estimate of drug-likeness (QED) is 0.388. The molecule has 8 heteroatoms. The number of aromatic nitrogens is 2. The SMILES string of the molecule is COc1ccc(OC[C@H](O)Cn2c([C@@H]3CC(=O)N(c4ccc(Cl)cc4)C3)nc3ccccc32)cc1. The van der Waals surface area contributed by atoms with Gasteiger partial charge < -0.3 is 24.0 Å². The molecule has 0 bridgehead atoms. The number of ether oxygens (including phenoxy) is 2. The molecule has 1 saturated heterocycles. The Morgan fingerprint density at radius 2 is 1.77 bits per heavy atom. The van der Waals surface area contributed by atoms with Crippen LogP contribution in [-0.4, -0.2) is 46.9 Å². The van der Waals surface area contributed by atoms with Gasteiger partial charge in [0.05, 0.1) is 24.7 Å². The van der Waals surface area contributed by atoms with Gasteiger partial charge in [-0.3, -0.25) is 4.79 Å². The van der Waals surface area contributed by atoms with Crippen molar-refractivity contribution in [1.82, 2.24) is 9.55 Å². The van der Waals surface area contributed by atoms with Crippen molar-refractivity contribution in [2.24, 2.45) is 0 Å². The topological polar surface area (TPSA) is 76.8 Å². The monoisotopic (exact) mass is 491 g/mol. The molecule has 1 N–H and O–H groups in total. The van der Waals surface area contributed by atoms with Gasteiger partial charge in [-0.05, 0) is 60.7 Å². The fourth-order valence-electron chi connectivity index (χ4n) is 4.48. The molecule has 180 valence electrons. The number of aliphatic hydroxyl groups is 1. The van der Waals surface area contributed by atoms with Gasteiger partial charge in [0.25, 0.3) is 0 Å². The predicted octanol–water partition coefficient (Wildman–Crippen LogP) is 4.66. The highest BCUT2D eigenvalue weighted by molar-refractivity contribution is 6.30. The molecule has 0 unspecified atom stereocenters. The van der Waals surface area contributed by atoms with Crippen LogP contribution in [0.25, 0.3) is 11.0 Å². The van der Waals surface area contributed by atoms with Crippen LogP contribution in [0.1, 0.15) is 18.2 Å². The standard InChI is InChI=1S/C27H26ClN3O4/c1-34-22-10-12-23(13-11-22)35-17-21(32)16-31-25-5-3-2-4-24(25)29-27(31)18-14-26(33)30(15-18)20-8-6-19(28)7-9-20/h2-13,18,21,32H,14-17H2,1H3/t18-,21-/m1/s1. The van der Waals surface area contributed by atoms with E-state index in [1.165, 1.54) is 0 Å². The lowest BCUT2D eigenvalue weighted by Gasteiger charge is -2.19. The highest BCUT2D eigenvalue weighted by atomic mass is 35.5. The van der Waals surface area contributed by atoms with Crippen LogP contribution < -0.4 is 14.4 Å². The number of carbonyl (C=O) groups is 1. The summed E-state index contributed by atoms with van der Waals surface area (Å²) in [6.45, 7) is 0.943. The maximum atomic E-state index is 12.9. The third kappa shape index (κ3) is 4.97. The van der Waals surface area contributed by atoms with Crippen molar-refractivity contribution in [3.8, 4) is 11.5 Å². The smallest absolute Gasteiger partial charge is 0.227 e. The maximum Gasteiger partial charge on any atom is 0.227 e. The molecule has 1 aromatic heterocycles. The molecule has 3 aromatic carbocycles. The van der Waals surface area contributed by atoms with Gasteiger partial charge in [-0.2, -0.15) is 0 Å². The second kappa shape index (κ2) is 9.98. The zero-order valence-electron chi connectivity index (χ0n) is 19.3. The van der Waals surface area contributed by atoms with Gasteiger partial charge >= 0.3 is 0 Å². The first kappa shape index (κ1) is 23.2. The van der Waals surface area contributed by atoms with E-state index < -0.39 is 6.10 Å². The second-order valence-electron chi connectivity index (χ2n) is 8.59. The van der Waals surface area contributed by atoms with Crippen molar-refractivity contribution in [1.29, 1.82) is 0 Å². The molecular formula is C27H26ClN3O4. The van der Waals surface area contributed by atoms with E-state index >= 15 is 0 Å². The van der Waals surface area contributed by atoms with Crippen LogP contribution in [-0.2, 0) is 11.3 Å². The first-order valence-electron chi connectivity index (χ1n) is 11.5. The van der Waals surface area contributed by atoms with Crippen molar-refractivity contribution in [3.05, 3.63) is 83.6 Å². The number of hydrogen-bond acceptors (Lipinski definition) is 5. The fraction of sp³-hybridized carbons (Fsp3) is 0.259. The van der Waals surface area contributed by atoms with Crippen LogP contribution in [0.15, 0.2) is 72.8 Å². The minimum atomic E-state index is -0.766. The first-order valence-corrected chi connectivity index (χ1v) is 11.9. The Bertz CT molecular complexity index is 1320. The Labute approximate surface area is 208 Å². The van der Waals surface area contributed by atoms with E-state index in [4.69, 9.17) is 26.1 Å². The molecule has 0 spiro atoms. The number of halogens is 1.